The zero-order chi connectivity index (χ0) is 15.9. The Balaban J connectivity index is 2.72. The van der Waals surface area contributed by atoms with Crippen LogP contribution in [0.15, 0.2) is 24.7 Å². The number of aliphatic hydroxyl groups is 1. The Kier molecular flexibility index (Phi) is 6.42. The first-order chi connectivity index (χ1) is 9.87. The molecule has 0 aliphatic rings. The molecule has 1 aromatic heterocycles. The van der Waals surface area contributed by atoms with Gasteiger partial charge < -0.3 is 19.7 Å². The number of hydrogen-bond acceptors (Lipinski definition) is 4. The minimum absolute atomic E-state index is 0.214. The number of nitrogens with zero attached hydrogens (tertiary/aromatic N) is 2. The number of carbonyl (C=O) groups is 1. The minimum atomic E-state index is -0.573. The van der Waals surface area contributed by atoms with Gasteiger partial charge in [-0.1, -0.05) is 12.2 Å². The number of imidazole rings is 1. The summed E-state index contributed by atoms with van der Waals surface area (Å²) < 4.78 is 7.12. The van der Waals surface area contributed by atoms with Crippen LogP contribution >= 0.6 is 0 Å². The van der Waals surface area contributed by atoms with Crippen LogP contribution < -0.4 is 5.32 Å². The fourth-order valence-electron chi connectivity index (χ4n) is 1.85. The maximum absolute atomic E-state index is 11.8. The predicted octanol–water partition coefficient (Wildman–Crippen LogP) is 2.41. The fraction of sp³-hybridized carbons (Fsp3) is 0.600. The summed E-state index contributed by atoms with van der Waals surface area (Å²) in [5.41, 5.74) is 0.184. The lowest BCUT2D eigenvalue weighted by Crippen LogP contribution is -2.37. The zero-order valence-corrected chi connectivity index (χ0v) is 13.2. The van der Waals surface area contributed by atoms with Gasteiger partial charge in [0.2, 0.25) is 0 Å². The van der Waals surface area contributed by atoms with Crippen molar-refractivity contribution in [3.05, 3.63) is 30.4 Å². The van der Waals surface area contributed by atoms with Crippen LogP contribution in [0.4, 0.5) is 4.79 Å². The fourth-order valence-corrected chi connectivity index (χ4v) is 1.85. The van der Waals surface area contributed by atoms with Crippen molar-refractivity contribution >= 4 is 6.09 Å². The number of nitrogens with one attached hydrogen (secondary N) is 1. The summed E-state index contributed by atoms with van der Waals surface area (Å²) in [5, 5.41) is 12.2. The Labute approximate surface area is 125 Å². The van der Waals surface area contributed by atoms with Crippen molar-refractivity contribution in [2.45, 2.75) is 52.3 Å². The van der Waals surface area contributed by atoms with E-state index in [0.717, 1.165) is 18.7 Å². The van der Waals surface area contributed by atoms with Crippen LogP contribution in [-0.4, -0.2) is 33.0 Å². The molecule has 0 fully saturated rings. The molecule has 0 bridgehead atoms. The van der Waals surface area contributed by atoms with Crippen molar-refractivity contribution in [3.63, 3.8) is 0 Å². The topological polar surface area (TPSA) is 76.4 Å². The van der Waals surface area contributed by atoms with Gasteiger partial charge >= 0.3 is 6.09 Å². The van der Waals surface area contributed by atoms with Crippen LogP contribution in [0.25, 0.3) is 0 Å². The molecule has 21 heavy (non-hydrogen) atoms. The first-order valence-corrected chi connectivity index (χ1v) is 7.09. The molecule has 2 N–H and O–H groups in total. The van der Waals surface area contributed by atoms with Crippen molar-refractivity contribution in [1.82, 2.24) is 14.9 Å². The normalized spacial score (nSPS) is 13.4. The second kappa shape index (κ2) is 7.83. The number of carbonyl (C=O) groups excluding carboxylic acids is 1. The molecule has 0 radical (unpaired) electrons. The molecular weight excluding hydrogens is 270 g/mol. The third kappa shape index (κ3) is 5.99. The Morgan fingerprint density at radius 3 is 2.86 bits per heavy atom. The van der Waals surface area contributed by atoms with Crippen LogP contribution in [-0.2, 0) is 11.3 Å². The molecule has 0 aliphatic heterocycles. The number of aromatic nitrogens is 2. The minimum Gasteiger partial charge on any atom is -0.444 e. The van der Waals surface area contributed by atoms with Gasteiger partial charge in [0, 0.05) is 6.54 Å². The third-order valence-corrected chi connectivity index (χ3v) is 2.75. The van der Waals surface area contributed by atoms with Gasteiger partial charge in [0.15, 0.2) is 0 Å². The number of allylic oxidation sites excluding steroid dienone is 2. The molecule has 6 heteroatoms. The van der Waals surface area contributed by atoms with E-state index in [2.05, 4.69) is 16.4 Å². The number of amides is 1. The van der Waals surface area contributed by atoms with E-state index in [0.29, 0.717) is 0 Å². The second-order valence-corrected chi connectivity index (χ2v) is 5.75. The molecule has 0 aliphatic carbocycles. The van der Waals surface area contributed by atoms with Crippen molar-refractivity contribution in [3.8, 4) is 0 Å². The molecule has 0 saturated heterocycles. The summed E-state index contributed by atoms with van der Waals surface area (Å²) in [6.45, 7) is 7.88. The molecule has 1 heterocycles. The van der Waals surface area contributed by atoms with Crippen LogP contribution in [0.1, 0.15) is 45.9 Å². The lowest BCUT2D eigenvalue weighted by atomic mass is 10.2. The Hall–Kier alpha value is -1.82. The standard InChI is InChI=1S/C15H25N3O3/c1-5-6-7-8-18-11-16-9-13(18)12(10-19)17-14(20)21-15(2,3)4/h5-6,9,11-12,19H,7-8,10H2,1-4H3,(H,17,20)/b6-5+. The van der Waals surface area contributed by atoms with E-state index in [4.69, 9.17) is 4.74 Å². The number of alkyl carbamates (subject to hydrolysis) is 1. The molecule has 1 aromatic rings. The first-order valence-electron chi connectivity index (χ1n) is 7.09. The summed E-state index contributed by atoms with van der Waals surface area (Å²) >= 11 is 0. The van der Waals surface area contributed by atoms with Crippen LogP contribution in [0.5, 0.6) is 0 Å². The highest BCUT2D eigenvalue weighted by Gasteiger charge is 2.22. The lowest BCUT2D eigenvalue weighted by molar-refractivity contribution is 0.0479. The zero-order valence-electron chi connectivity index (χ0n) is 13.2. The lowest BCUT2D eigenvalue weighted by Gasteiger charge is -2.23. The summed E-state index contributed by atoms with van der Waals surface area (Å²) in [4.78, 5) is 15.9. The van der Waals surface area contributed by atoms with Gasteiger partial charge in [-0.2, -0.15) is 0 Å². The largest absolute Gasteiger partial charge is 0.444 e. The van der Waals surface area contributed by atoms with Crippen LogP contribution in [0.3, 0.4) is 0 Å². The summed E-state index contributed by atoms with van der Waals surface area (Å²) in [7, 11) is 0. The third-order valence-electron chi connectivity index (χ3n) is 2.75. The average Bonchev–Trinajstić information content (AvgIpc) is 2.82. The van der Waals surface area contributed by atoms with Gasteiger partial charge in [0.1, 0.15) is 5.60 Å². The number of aryl methyl sites for hydroxylation is 1. The van der Waals surface area contributed by atoms with Gasteiger partial charge in [0.25, 0.3) is 0 Å². The number of rotatable bonds is 6. The molecule has 1 rings (SSSR count). The summed E-state index contributed by atoms with van der Waals surface area (Å²) in [6.07, 6.45) is 7.69. The maximum atomic E-state index is 11.8. The molecule has 0 aromatic carbocycles. The Morgan fingerprint density at radius 2 is 2.29 bits per heavy atom. The Morgan fingerprint density at radius 1 is 1.57 bits per heavy atom. The molecule has 118 valence electrons. The highest BCUT2D eigenvalue weighted by molar-refractivity contribution is 5.68. The van der Waals surface area contributed by atoms with Gasteiger partial charge in [-0.3, -0.25) is 0 Å². The molecule has 0 spiro atoms. The summed E-state index contributed by atoms with van der Waals surface area (Å²) in [6, 6.07) is -0.534. The van der Waals surface area contributed by atoms with Crippen molar-refractivity contribution < 1.29 is 14.6 Å². The van der Waals surface area contributed by atoms with E-state index >= 15 is 0 Å². The predicted molar refractivity (Wildman–Crippen MR) is 80.9 cm³/mol. The van der Waals surface area contributed by atoms with E-state index in [9.17, 15) is 9.90 Å². The maximum Gasteiger partial charge on any atom is 0.408 e. The quantitative estimate of drug-likeness (QED) is 0.790. The highest BCUT2D eigenvalue weighted by atomic mass is 16.6. The molecular formula is C15H25N3O3. The molecule has 1 amide bonds. The molecule has 6 nitrogen and oxygen atoms in total. The number of aliphatic hydroxyl groups excluding tert-OH is 1. The first kappa shape index (κ1) is 17.2. The summed E-state index contributed by atoms with van der Waals surface area (Å²) in [5.74, 6) is 0. The number of ether oxygens (including phenoxy) is 1. The molecule has 1 atom stereocenters. The van der Waals surface area contributed by atoms with Crippen LogP contribution in [0.2, 0.25) is 0 Å². The van der Waals surface area contributed by atoms with Crippen molar-refractivity contribution in [2.24, 2.45) is 0 Å². The second-order valence-electron chi connectivity index (χ2n) is 5.75. The van der Waals surface area contributed by atoms with Gasteiger partial charge in [-0.25, -0.2) is 9.78 Å². The van der Waals surface area contributed by atoms with E-state index in [1.807, 2.05) is 17.6 Å². The monoisotopic (exact) mass is 295 g/mol. The average molecular weight is 295 g/mol. The van der Waals surface area contributed by atoms with Crippen LogP contribution in [0, 0.1) is 0 Å². The van der Waals surface area contributed by atoms with E-state index in [1.54, 1.807) is 33.3 Å². The Bertz CT molecular complexity index is 475. The van der Waals surface area contributed by atoms with Gasteiger partial charge in [-0.05, 0) is 34.1 Å². The van der Waals surface area contributed by atoms with Crippen molar-refractivity contribution in [1.29, 1.82) is 0 Å². The van der Waals surface area contributed by atoms with E-state index in [-0.39, 0.29) is 6.61 Å². The number of hydrogen-bond donors (Lipinski definition) is 2. The van der Waals surface area contributed by atoms with Crippen molar-refractivity contribution in [2.75, 3.05) is 6.61 Å². The SMILES string of the molecule is C/C=C/CCn1cncc1C(CO)NC(=O)OC(C)(C)C. The molecule has 1 unspecified atom stereocenters. The van der Waals surface area contributed by atoms with Gasteiger partial charge in [0.05, 0.1) is 30.9 Å². The van der Waals surface area contributed by atoms with E-state index < -0.39 is 17.7 Å². The van der Waals surface area contributed by atoms with E-state index in [1.165, 1.54) is 0 Å². The smallest absolute Gasteiger partial charge is 0.408 e. The molecule has 0 saturated carbocycles. The van der Waals surface area contributed by atoms with Gasteiger partial charge in [-0.15, -0.1) is 0 Å². The highest BCUT2D eigenvalue weighted by Crippen LogP contribution is 2.14.